The lowest BCUT2D eigenvalue weighted by Crippen LogP contribution is -2.18. The van der Waals surface area contributed by atoms with Gasteiger partial charge < -0.3 is 4.74 Å². The minimum absolute atomic E-state index is 0.0584. The van der Waals surface area contributed by atoms with E-state index in [0.717, 1.165) is 5.56 Å². The molecule has 0 N–H and O–H groups in total. The number of hydrogen-bond acceptors (Lipinski definition) is 4. The Labute approximate surface area is 121 Å². The Balaban J connectivity index is 2.62. The van der Waals surface area contributed by atoms with Crippen LogP contribution in [0.4, 0.5) is 0 Å². The molecule has 4 nitrogen and oxygen atoms in total. The van der Waals surface area contributed by atoms with E-state index in [1.54, 1.807) is 6.92 Å². The smallest absolute Gasteiger partial charge is 0.166 e. The van der Waals surface area contributed by atoms with Crippen molar-refractivity contribution < 1.29 is 17.9 Å². The predicted octanol–water partition coefficient (Wildman–Crippen LogP) is 2.55. The van der Waals surface area contributed by atoms with Crippen molar-refractivity contribution >= 4 is 15.6 Å². The highest BCUT2D eigenvalue weighted by molar-refractivity contribution is 7.91. The third-order valence-electron chi connectivity index (χ3n) is 3.05. The Morgan fingerprint density at radius 2 is 1.85 bits per heavy atom. The van der Waals surface area contributed by atoms with Crippen LogP contribution >= 0.6 is 0 Å². The number of carbonyl (C=O) groups excluding carboxylic acids is 1. The first-order valence-electron chi connectivity index (χ1n) is 6.89. The molecule has 0 spiro atoms. The second kappa shape index (κ2) is 8.17. The minimum Gasteiger partial charge on any atom is -0.366 e. The van der Waals surface area contributed by atoms with Gasteiger partial charge in [0.2, 0.25) is 0 Å². The van der Waals surface area contributed by atoms with Crippen molar-refractivity contribution in [3.63, 3.8) is 0 Å². The molecule has 0 saturated heterocycles. The number of ketones is 1. The van der Waals surface area contributed by atoms with Gasteiger partial charge in [-0.15, -0.1) is 0 Å². The fourth-order valence-corrected chi connectivity index (χ4v) is 2.78. The summed E-state index contributed by atoms with van der Waals surface area (Å²) >= 11 is 0. The van der Waals surface area contributed by atoms with Crippen LogP contribution in [0.15, 0.2) is 30.3 Å². The summed E-state index contributed by atoms with van der Waals surface area (Å²) < 4.78 is 28.3. The number of Topliss-reactive ketones (excluding diaryl/α,β-unsaturated/α-hetero) is 1. The lowest BCUT2D eigenvalue weighted by Gasteiger charge is -2.16. The number of sulfone groups is 1. The molecule has 0 bridgehead atoms. The van der Waals surface area contributed by atoms with Gasteiger partial charge >= 0.3 is 0 Å². The van der Waals surface area contributed by atoms with Crippen LogP contribution in [-0.4, -0.2) is 32.3 Å². The molecule has 112 valence electrons. The molecule has 20 heavy (non-hydrogen) atoms. The molecule has 5 heteroatoms. The van der Waals surface area contributed by atoms with E-state index in [1.807, 2.05) is 37.3 Å². The monoisotopic (exact) mass is 298 g/mol. The summed E-state index contributed by atoms with van der Waals surface area (Å²) in [5.74, 6) is 0.113. The molecule has 0 amide bonds. The van der Waals surface area contributed by atoms with E-state index in [2.05, 4.69) is 0 Å². The van der Waals surface area contributed by atoms with E-state index in [-0.39, 0.29) is 23.7 Å². The van der Waals surface area contributed by atoms with E-state index in [0.29, 0.717) is 13.0 Å². The quantitative estimate of drug-likeness (QED) is 0.703. The van der Waals surface area contributed by atoms with Gasteiger partial charge in [-0.3, -0.25) is 4.79 Å². The molecule has 0 radical (unpaired) electrons. The van der Waals surface area contributed by atoms with Gasteiger partial charge in [-0.1, -0.05) is 37.3 Å². The number of carbonyl (C=O) groups is 1. The van der Waals surface area contributed by atoms with Crippen LogP contribution in [0.25, 0.3) is 0 Å². The first-order chi connectivity index (χ1) is 9.50. The summed E-state index contributed by atoms with van der Waals surface area (Å²) in [5, 5.41) is 0. The average Bonchev–Trinajstić information content (AvgIpc) is 2.45. The third kappa shape index (κ3) is 5.43. The van der Waals surface area contributed by atoms with E-state index >= 15 is 0 Å². The van der Waals surface area contributed by atoms with E-state index in [9.17, 15) is 13.2 Å². The first-order valence-corrected chi connectivity index (χ1v) is 8.72. The van der Waals surface area contributed by atoms with Gasteiger partial charge in [0.15, 0.2) is 5.78 Å². The number of rotatable bonds is 9. The summed E-state index contributed by atoms with van der Waals surface area (Å²) in [7, 11) is -3.01. The summed E-state index contributed by atoms with van der Waals surface area (Å²) in [6.07, 6.45) is -0.0185. The Hall–Kier alpha value is -1.20. The van der Waals surface area contributed by atoms with Gasteiger partial charge in [-0.05, 0) is 18.9 Å². The van der Waals surface area contributed by atoms with Crippen LogP contribution in [0.3, 0.4) is 0 Å². The summed E-state index contributed by atoms with van der Waals surface area (Å²) in [6.45, 7) is 3.90. The molecular weight excluding hydrogens is 276 g/mol. The molecule has 0 fully saturated rings. The first kappa shape index (κ1) is 16.9. The Bertz CT molecular complexity index is 508. The zero-order chi connectivity index (χ0) is 15.0. The molecule has 0 aliphatic rings. The largest absolute Gasteiger partial charge is 0.366 e. The number of ether oxygens (including phenoxy) is 1. The molecule has 0 aromatic heterocycles. The maximum Gasteiger partial charge on any atom is 0.166 e. The number of benzene rings is 1. The predicted molar refractivity (Wildman–Crippen MR) is 79.4 cm³/mol. The zero-order valence-corrected chi connectivity index (χ0v) is 12.9. The lowest BCUT2D eigenvalue weighted by molar-refractivity contribution is -0.130. The molecular formula is C15H22O4S. The van der Waals surface area contributed by atoms with Crippen LogP contribution in [0.5, 0.6) is 0 Å². The van der Waals surface area contributed by atoms with E-state index in [1.165, 1.54) is 0 Å². The van der Waals surface area contributed by atoms with Crippen molar-refractivity contribution in [3.05, 3.63) is 35.9 Å². The second-order valence-electron chi connectivity index (χ2n) is 4.55. The van der Waals surface area contributed by atoms with Gasteiger partial charge in [0, 0.05) is 18.8 Å². The molecule has 1 aromatic rings. The normalized spacial score (nSPS) is 13.1. The van der Waals surface area contributed by atoms with Crippen LogP contribution < -0.4 is 0 Å². The molecule has 1 rings (SSSR count). The Morgan fingerprint density at radius 3 is 2.40 bits per heavy atom. The van der Waals surface area contributed by atoms with Crippen LogP contribution in [0.1, 0.15) is 38.4 Å². The molecule has 1 atom stereocenters. The third-order valence-corrected chi connectivity index (χ3v) is 4.84. The summed E-state index contributed by atoms with van der Waals surface area (Å²) in [6, 6.07) is 9.29. The highest BCUT2D eigenvalue weighted by atomic mass is 32.2. The topological polar surface area (TPSA) is 60.4 Å². The van der Waals surface area contributed by atoms with Crippen molar-refractivity contribution in [2.24, 2.45) is 0 Å². The van der Waals surface area contributed by atoms with Gasteiger partial charge in [0.1, 0.15) is 15.9 Å². The van der Waals surface area contributed by atoms with Gasteiger partial charge in [0.25, 0.3) is 0 Å². The maximum atomic E-state index is 12.2. The lowest BCUT2D eigenvalue weighted by atomic mass is 10.0. The van der Waals surface area contributed by atoms with Gasteiger partial charge in [-0.2, -0.15) is 0 Å². The average molecular weight is 298 g/mol. The fourth-order valence-electron chi connectivity index (χ4n) is 1.91. The van der Waals surface area contributed by atoms with Crippen molar-refractivity contribution in [1.29, 1.82) is 0 Å². The zero-order valence-electron chi connectivity index (χ0n) is 12.0. The van der Waals surface area contributed by atoms with Crippen molar-refractivity contribution in [2.45, 2.75) is 32.8 Å². The Morgan fingerprint density at radius 1 is 1.20 bits per heavy atom. The highest BCUT2D eigenvalue weighted by Crippen LogP contribution is 2.20. The highest BCUT2D eigenvalue weighted by Gasteiger charge is 2.20. The van der Waals surface area contributed by atoms with Crippen LogP contribution in [-0.2, 0) is 19.4 Å². The second-order valence-corrected chi connectivity index (χ2v) is 7.03. The molecule has 0 saturated carbocycles. The SMILES string of the molecule is CCOC(C(=O)CCCS(=O)(=O)CC)c1ccccc1. The van der Waals surface area contributed by atoms with Gasteiger partial charge in [-0.25, -0.2) is 8.42 Å². The molecule has 0 aliphatic carbocycles. The molecule has 1 unspecified atom stereocenters. The van der Waals surface area contributed by atoms with Gasteiger partial charge in [0.05, 0.1) is 5.75 Å². The summed E-state index contributed by atoms with van der Waals surface area (Å²) in [4.78, 5) is 12.2. The molecule has 1 aromatic carbocycles. The van der Waals surface area contributed by atoms with Crippen molar-refractivity contribution in [1.82, 2.24) is 0 Å². The fraction of sp³-hybridized carbons (Fsp3) is 0.533. The summed E-state index contributed by atoms with van der Waals surface area (Å²) in [5.41, 5.74) is 0.817. The van der Waals surface area contributed by atoms with Crippen molar-refractivity contribution in [3.8, 4) is 0 Å². The Kier molecular flexibility index (Phi) is 6.88. The minimum atomic E-state index is -3.01. The molecule has 0 heterocycles. The number of hydrogen-bond donors (Lipinski definition) is 0. The molecule has 0 aliphatic heterocycles. The van der Waals surface area contributed by atoms with Crippen molar-refractivity contribution in [2.75, 3.05) is 18.1 Å². The maximum absolute atomic E-state index is 12.2. The van der Waals surface area contributed by atoms with E-state index < -0.39 is 15.9 Å². The standard InChI is InChI=1S/C15H22O4S/c1-3-19-15(13-9-6-5-7-10-13)14(16)11-8-12-20(17,18)4-2/h5-7,9-10,15H,3-4,8,11-12H2,1-2H3. The van der Waals surface area contributed by atoms with Crippen LogP contribution in [0.2, 0.25) is 0 Å². The van der Waals surface area contributed by atoms with E-state index in [4.69, 9.17) is 4.74 Å². The van der Waals surface area contributed by atoms with Crippen LogP contribution in [0, 0.1) is 0 Å².